The number of nitrogens with zero attached hydrogens (tertiary/aromatic N) is 2. The molecule has 0 saturated carbocycles. The second-order valence-corrected chi connectivity index (χ2v) is 5.54. The van der Waals surface area contributed by atoms with E-state index < -0.39 is 0 Å². The summed E-state index contributed by atoms with van der Waals surface area (Å²) in [6.07, 6.45) is 3.23. The molecule has 1 aromatic heterocycles. The summed E-state index contributed by atoms with van der Waals surface area (Å²) in [6, 6.07) is 11.6. The highest BCUT2D eigenvalue weighted by Crippen LogP contribution is 2.43. The van der Waals surface area contributed by atoms with Crippen molar-refractivity contribution in [1.82, 2.24) is 15.1 Å². The molecular weight excluding hydrogens is 234 g/mol. The number of nitrogens with one attached hydrogen (secondary N) is 1. The fourth-order valence-corrected chi connectivity index (χ4v) is 3.30. The zero-order valence-electron chi connectivity index (χ0n) is 11.8. The molecule has 0 aliphatic heterocycles. The Morgan fingerprint density at radius 1 is 1.21 bits per heavy atom. The van der Waals surface area contributed by atoms with Gasteiger partial charge in [0.05, 0.1) is 17.8 Å². The van der Waals surface area contributed by atoms with Crippen LogP contribution in [0.4, 0.5) is 0 Å². The van der Waals surface area contributed by atoms with Crippen molar-refractivity contribution in [3.63, 3.8) is 0 Å². The smallest absolute Gasteiger partial charge is 0.0719 e. The summed E-state index contributed by atoms with van der Waals surface area (Å²) in [6.45, 7) is 4.36. The molecule has 3 heteroatoms. The minimum Gasteiger partial charge on any atom is -0.311 e. The van der Waals surface area contributed by atoms with Gasteiger partial charge in [-0.25, -0.2) is 0 Å². The molecule has 0 fully saturated rings. The lowest BCUT2D eigenvalue weighted by Crippen LogP contribution is -2.33. The normalized spacial score (nSPS) is 26.2. The SMILES string of the molecule is CNC1c2ccccc2C(C)CC1n1ccc(C)n1. The van der Waals surface area contributed by atoms with Crippen LogP contribution in [0, 0.1) is 6.92 Å². The number of hydrogen-bond acceptors (Lipinski definition) is 2. The molecule has 0 radical (unpaired) electrons. The zero-order chi connectivity index (χ0) is 13.4. The van der Waals surface area contributed by atoms with Crippen LogP contribution in [-0.4, -0.2) is 16.8 Å². The molecule has 0 bridgehead atoms. The van der Waals surface area contributed by atoms with Gasteiger partial charge in [-0.05, 0) is 43.5 Å². The zero-order valence-corrected chi connectivity index (χ0v) is 11.8. The molecule has 3 unspecified atom stereocenters. The summed E-state index contributed by atoms with van der Waals surface area (Å²) in [5, 5.41) is 8.09. The fourth-order valence-electron chi connectivity index (χ4n) is 3.30. The van der Waals surface area contributed by atoms with Crippen LogP contribution in [-0.2, 0) is 0 Å². The lowest BCUT2D eigenvalue weighted by atomic mass is 9.78. The Morgan fingerprint density at radius 2 is 1.95 bits per heavy atom. The van der Waals surface area contributed by atoms with E-state index in [-0.39, 0.29) is 0 Å². The van der Waals surface area contributed by atoms with Crippen molar-refractivity contribution in [3.05, 3.63) is 53.3 Å². The lowest BCUT2D eigenvalue weighted by molar-refractivity contribution is 0.289. The lowest BCUT2D eigenvalue weighted by Gasteiger charge is -2.37. The molecule has 3 atom stereocenters. The van der Waals surface area contributed by atoms with Crippen LogP contribution < -0.4 is 5.32 Å². The highest BCUT2D eigenvalue weighted by molar-refractivity contribution is 5.36. The first-order valence-corrected chi connectivity index (χ1v) is 6.98. The molecule has 1 N–H and O–H groups in total. The van der Waals surface area contributed by atoms with Gasteiger partial charge in [0.1, 0.15) is 0 Å². The number of rotatable bonds is 2. The maximum Gasteiger partial charge on any atom is 0.0719 e. The second-order valence-electron chi connectivity index (χ2n) is 5.54. The molecule has 1 aromatic carbocycles. The predicted molar refractivity (Wildman–Crippen MR) is 77.3 cm³/mol. The van der Waals surface area contributed by atoms with Gasteiger partial charge >= 0.3 is 0 Å². The molecule has 0 spiro atoms. The van der Waals surface area contributed by atoms with Crippen LogP contribution in [0.3, 0.4) is 0 Å². The Labute approximate surface area is 114 Å². The molecule has 1 aliphatic rings. The first kappa shape index (κ1) is 12.4. The van der Waals surface area contributed by atoms with E-state index in [2.05, 4.69) is 58.5 Å². The van der Waals surface area contributed by atoms with Crippen molar-refractivity contribution in [2.45, 2.75) is 38.3 Å². The van der Waals surface area contributed by atoms with Crippen molar-refractivity contribution in [3.8, 4) is 0 Å². The summed E-state index contributed by atoms with van der Waals surface area (Å²) < 4.78 is 2.13. The van der Waals surface area contributed by atoms with Crippen LogP contribution in [0.1, 0.15) is 48.2 Å². The van der Waals surface area contributed by atoms with Crippen LogP contribution in [0.2, 0.25) is 0 Å². The van der Waals surface area contributed by atoms with Gasteiger partial charge in [-0.15, -0.1) is 0 Å². The van der Waals surface area contributed by atoms with E-state index in [1.165, 1.54) is 11.1 Å². The van der Waals surface area contributed by atoms with Crippen LogP contribution in [0.15, 0.2) is 36.5 Å². The molecule has 3 nitrogen and oxygen atoms in total. The van der Waals surface area contributed by atoms with Crippen molar-refractivity contribution in [2.75, 3.05) is 7.05 Å². The van der Waals surface area contributed by atoms with Crippen LogP contribution >= 0.6 is 0 Å². The topological polar surface area (TPSA) is 29.9 Å². The van der Waals surface area contributed by atoms with Gasteiger partial charge in [0.25, 0.3) is 0 Å². The quantitative estimate of drug-likeness (QED) is 0.893. The standard InChI is InChI=1S/C16H21N3/c1-11-10-15(19-9-8-12(2)18-19)16(17-3)14-7-5-4-6-13(11)14/h4-9,11,15-17H,10H2,1-3H3. The maximum atomic E-state index is 4.62. The summed E-state index contributed by atoms with van der Waals surface area (Å²) >= 11 is 0. The summed E-state index contributed by atoms with van der Waals surface area (Å²) in [7, 11) is 2.04. The Kier molecular flexibility index (Phi) is 3.15. The number of aryl methyl sites for hydroxylation is 1. The van der Waals surface area contributed by atoms with Crippen molar-refractivity contribution in [1.29, 1.82) is 0 Å². The molecule has 0 amide bonds. The van der Waals surface area contributed by atoms with Crippen LogP contribution in [0.5, 0.6) is 0 Å². The number of aromatic nitrogens is 2. The Bertz CT molecular complexity index is 573. The largest absolute Gasteiger partial charge is 0.311 e. The van der Waals surface area contributed by atoms with Gasteiger partial charge in [0.15, 0.2) is 0 Å². The maximum absolute atomic E-state index is 4.62. The third-order valence-corrected chi connectivity index (χ3v) is 4.23. The Morgan fingerprint density at radius 3 is 2.58 bits per heavy atom. The first-order valence-electron chi connectivity index (χ1n) is 6.98. The average molecular weight is 255 g/mol. The van der Waals surface area contributed by atoms with Crippen molar-refractivity contribution in [2.24, 2.45) is 0 Å². The minimum absolute atomic E-state index is 0.340. The minimum atomic E-state index is 0.340. The highest BCUT2D eigenvalue weighted by Gasteiger charge is 2.33. The molecule has 19 heavy (non-hydrogen) atoms. The second kappa shape index (κ2) is 4.82. The molecule has 100 valence electrons. The molecular formula is C16H21N3. The number of hydrogen-bond donors (Lipinski definition) is 1. The third kappa shape index (κ3) is 2.08. The van der Waals surface area contributed by atoms with Gasteiger partial charge in [0.2, 0.25) is 0 Å². The predicted octanol–water partition coefficient (Wildman–Crippen LogP) is 3.20. The van der Waals surface area contributed by atoms with E-state index in [9.17, 15) is 0 Å². The van der Waals surface area contributed by atoms with E-state index in [0.29, 0.717) is 18.0 Å². The average Bonchev–Trinajstić information content (AvgIpc) is 2.85. The molecule has 1 heterocycles. The Balaban J connectivity index is 2.04. The van der Waals surface area contributed by atoms with E-state index in [1.54, 1.807) is 0 Å². The molecule has 1 aliphatic carbocycles. The summed E-state index contributed by atoms with van der Waals surface area (Å²) in [4.78, 5) is 0. The van der Waals surface area contributed by atoms with E-state index in [4.69, 9.17) is 0 Å². The first-order chi connectivity index (χ1) is 9.20. The van der Waals surface area contributed by atoms with E-state index >= 15 is 0 Å². The van der Waals surface area contributed by atoms with E-state index in [1.807, 2.05) is 14.0 Å². The van der Waals surface area contributed by atoms with Gasteiger partial charge < -0.3 is 5.32 Å². The molecule has 0 saturated heterocycles. The number of likely N-dealkylation sites (N-methyl/N-ethyl adjacent to an activating group) is 1. The number of benzene rings is 1. The van der Waals surface area contributed by atoms with Crippen molar-refractivity contribution >= 4 is 0 Å². The Hall–Kier alpha value is -1.61. The van der Waals surface area contributed by atoms with Gasteiger partial charge in [-0.1, -0.05) is 31.2 Å². The van der Waals surface area contributed by atoms with Crippen LogP contribution in [0.25, 0.3) is 0 Å². The molecule has 3 rings (SSSR count). The summed E-state index contributed by atoms with van der Waals surface area (Å²) in [5.41, 5.74) is 3.98. The van der Waals surface area contributed by atoms with Crippen molar-refractivity contribution < 1.29 is 0 Å². The van der Waals surface area contributed by atoms with Gasteiger partial charge in [0, 0.05) is 6.20 Å². The monoisotopic (exact) mass is 255 g/mol. The van der Waals surface area contributed by atoms with Gasteiger partial charge in [-0.2, -0.15) is 5.10 Å². The highest BCUT2D eigenvalue weighted by atomic mass is 15.3. The molecule has 2 aromatic rings. The third-order valence-electron chi connectivity index (χ3n) is 4.23. The van der Waals surface area contributed by atoms with Gasteiger partial charge in [-0.3, -0.25) is 4.68 Å². The number of fused-ring (bicyclic) bond motifs is 1. The fraction of sp³-hybridized carbons (Fsp3) is 0.438. The summed E-state index contributed by atoms with van der Waals surface area (Å²) in [5.74, 6) is 0.579. The van der Waals surface area contributed by atoms with E-state index in [0.717, 1.165) is 12.1 Å².